The van der Waals surface area contributed by atoms with Gasteiger partial charge in [0.05, 0.1) is 0 Å². The summed E-state index contributed by atoms with van der Waals surface area (Å²) in [6.45, 7) is 0.506. The lowest BCUT2D eigenvalue weighted by atomic mass is 9.82. The fraction of sp³-hybridized carbons (Fsp3) is 0.250. The molecule has 2 aromatic rings. The minimum atomic E-state index is -0.647. The third-order valence-electron chi connectivity index (χ3n) is 3.81. The maximum absolute atomic E-state index is 5.77. The average molecular weight is 254 g/mol. The van der Waals surface area contributed by atoms with Crippen molar-refractivity contribution in [1.29, 1.82) is 0 Å². The van der Waals surface area contributed by atoms with Crippen LogP contribution in [0.1, 0.15) is 11.1 Å². The minimum absolute atomic E-state index is 0.0334. The molecule has 0 aromatic heterocycles. The van der Waals surface area contributed by atoms with Crippen molar-refractivity contribution in [3.05, 3.63) is 71.8 Å². The maximum atomic E-state index is 5.77. The van der Waals surface area contributed by atoms with Crippen molar-refractivity contribution in [2.75, 3.05) is 6.61 Å². The summed E-state index contributed by atoms with van der Waals surface area (Å²) >= 11 is 0. The second-order valence-corrected chi connectivity index (χ2v) is 4.93. The Morgan fingerprint density at radius 3 is 2.00 bits per heavy atom. The van der Waals surface area contributed by atoms with Crippen molar-refractivity contribution in [2.45, 2.75) is 17.8 Å². The van der Waals surface area contributed by atoms with Crippen LogP contribution in [-0.2, 0) is 20.1 Å². The second-order valence-electron chi connectivity index (χ2n) is 4.93. The largest absolute Gasteiger partial charge is 0.363 e. The van der Waals surface area contributed by atoms with Gasteiger partial charge >= 0.3 is 0 Å². The predicted molar refractivity (Wildman–Crippen MR) is 69.4 cm³/mol. The Labute approximate surface area is 111 Å². The van der Waals surface area contributed by atoms with E-state index in [1.807, 2.05) is 36.4 Å². The number of hydrogen-bond acceptors (Lipinski definition) is 3. The van der Waals surface area contributed by atoms with Gasteiger partial charge in [0.15, 0.2) is 5.60 Å². The predicted octanol–water partition coefficient (Wildman–Crippen LogP) is 2.66. The summed E-state index contributed by atoms with van der Waals surface area (Å²) in [5, 5.41) is 0. The zero-order valence-corrected chi connectivity index (χ0v) is 10.4. The number of hydrogen-bond donors (Lipinski definition) is 0. The minimum Gasteiger partial charge on any atom is -0.363 e. The molecule has 3 nitrogen and oxygen atoms in total. The van der Waals surface area contributed by atoms with Crippen LogP contribution in [0.15, 0.2) is 60.7 Å². The zero-order chi connectivity index (χ0) is 12.7. The Kier molecular flexibility index (Phi) is 2.45. The SMILES string of the molecule is c1ccc(C2(c3ccccc3)OOC[C@H]3O[C@H]32)cc1. The molecule has 0 radical (unpaired) electrons. The van der Waals surface area contributed by atoms with Crippen LogP contribution in [-0.4, -0.2) is 18.8 Å². The highest BCUT2D eigenvalue weighted by atomic mass is 17.2. The van der Waals surface area contributed by atoms with E-state index in [0.29, 0.717) is 6.61 Å². The van der Waals surface area contributed by atoms with Crippen molar-refractivity contribution >= 4 is 0 Å². The van der Waals surface area contributed by atoms with E-state index in [4.69, 9.17) is 14.5 Å². The van der Waals surface area contributed by atoms with Crippen LogP contribution >= 0.6 is 0 Å². The Balaban J connectivity index is 1.89. The van der Waals surface area contributed by atoms with Gasteiger partial charge in [0.2, 0.25) is 0 Å². The van der Waals surface area contributed by atoms with Crippen LogP contribution in [0, 0.1) is 0 Å². The fourth-order valence-electron chi connectivity index (χ4n) is 2.83. The van der Waals surface area contributed by atoms with Crippen molar-refractivity contribution in [3.63, 3.8) is 0 Å². The summed E-state index contributed by atoms with van der Waals surface area (Å²) in [5.41, 5.74) is 1.48. The Morgan fingerprint density at radius 1 is 0.842 bits per heavy atom. The number of rotatable bonds is 2. The van der Waals surface area contributed by atoms with Gasteiger partial charge in [-0.25, -0.2) is 9.78 Å². The van der Waals surface area contributed by atoms with Crippen LogP contribution in [0.5, 0.6) is 0 Å². The van der Waals surface area contributed by atoms with E-state index in [1.54, 1.807) is 0 Å². The van der Waals surface area contributed by atoms with Gasteiger partial charge in [-0.05, 0) is 11.1 Å². The normalized spacial score (nSPS) is 27.6. The first kappa shape index (κ1) is 11.2. The van der Waals surface area contributed by atoms with Crippen molar-refractivity contribution < 1.29 is 14.5 Å². The number of epoxide rings is 1. The van der Waals surface area contributed by atoms with Crippen LogP contribution < -0.4 is 0 Å². The van der Waals surface area contributed by atoms with Gasteiger partial charge in [-0.3, -0.25) is 0 Å². The summed E-state index contributed by atoms with van der Waals surface area (Å²) in [7, 11) is 0. The quantitative estimate of drug-likeness (QED) is 0.610. The van der Waals surface area contributed by atoms with Crippen LogP contribution in [0.2, 0.25) is 0 Å². The summed E-state index contributed by atoms with van der Waals surface area (Å²) in [6.07, 6.45) is 0.167. The molecular weight excluding hydrogens is 240 g/mol. The molecule has 0 amide bonds. The molecule has 96 valence electrons. The van der Waals surface area contributed by atoms with Crippen molar-refractivity contribution in [2.24, 2.45) is 0 Å². The summed E-state index contributed by atoms with van der Waals surface area (Å²) in [6, 6.07) is 20.3. The second kappa shape index (κ2) is 4.17. The van der Waals surface area contributed by atoms with Crippen LogP contribution in [0.4, 0.5) is 0 Å². The lowest BCUT2D eigenvalue weighted by molar-refractivity contribution is -0.369. The molecule has 2 heterocycles. The van der Waals surface area contributed by atoms with Crippen LogP contribution in [0.25, 0.3) is 0 Å². The fourth-order valence-corrected chi connectivity index (χ4v) is 2.83. The molecule has 2 fully saturated rings. The first-order valence-electron chi connectivity index (χ1n) is 6.48. The molecule has 2 aliphatic rings. The molecule has 2 atom stereocenters. The first-order valence-corrected chi connectivity index (χ1v) is 6.48. The van der Waals surface area contributed by atoms with E-state index in [9.17, 15) is 0 Å². The van der Waals surface area contributed by atoms with E-state index >= 15 is 0 Å². The van der Waals surface area contributed by atoms with E-state index in [-0.39, 0.29) is 12.2 Å². The van der Waals surface area contributed by atoms with E-state index in [1.165, 1.54) is 0 Å². The van der Waals surface area contributed by atoms with Crippen molar-refractivity contribution in [3.8, 4) is 0 Å². The zero-order valence-electron chi connectivity index (χ0n) is 10.4. The average Bonchev–Trinajstić information content (AvgIpc) is 3.28. The maximum Gasteiger partial charge on any atom is 0.182 e. The highest BCUT2D eigenvalue weighted by Crippen LogP contribution is 2.49. The van der Waals surface area contributed by atoms with Gasteiger partial charge in [0, 0.05) is 0 Å². The molecule has 4 rings (SSSR count). The van der Waals surface area contributed by atoms with Crippen molar-refractivity contribution in [1.82, 2.24) is 0 Å². The summed E-state index contributed by atoms with van der Waals surface area (Å²) in [5.74, 6) is 0. The molecule has 2 aromatic carbocycles. The highest BCUT2D eigenvalue weighted by Gasteiger charge is 2.61. The van der Waals surface area contributed by atoms with E-state index in [2.05, 4.69) is 24.3 Å². The van der Waals surface area contributed by atoms with Gasteiger partial charge in [0.1, 0.15) is 18.8 Å². The number of benzene rings is 2. The van der Waals surface area contributed by atoms with Gasteiger partial charge in [-0.2, -0.15) is 0 Å². The molecule has 0 spiro atoms. The molecule has 3 heteroatoms. The molecule has 0 bridgehead atoms. The summed E-state index contributed by atoms with van der Waals surface area (Å²) in [4.78, 5) is 11.1. The number of fused-ring (bicyclic) bond motifs is 1. The molecule has 19 heavy (non-hydrogen) atoms. The Bertz CT molecular complexity index is 528. The van der Waals surface area contributed by atoms with E-state index in [0.717, 1.165) is 11.1 Å². The molecular formula is C16H14O3. The highest BCUT2D eigenvalue weighted by molar-refractivity contribution is 5.40. The van der Waals surface area contributed by atoms with Gasteiger partial charge in [-0.15, -0.1) is 0 Å². The molecule has 0 N–H and O–H groups in total. The molecule has 0 saturated carbocycles. The Hall–Kier alpha value is -1.68. The van der Waals surface area contributed by atoms with Gasteiger partial charge < -0.3 is 4.74 Å². The molecule has 2 aliphatic heterocycles. The molecule has 0 unspecified atom stereocenters. The molecule has 2 saturated heterocycles. The first-order chi connectivity index (χ1) is 9.41. The number of ether oxygens (including phenoxy) is 1. The molecule has 0 aliphatic carbocycles. The third kappa shape index (κ3) is 1.63. The van der Waals surface area contributed by atoms with Gasteiger partial charge in [0.25, 0.3) is 0 Å². The monoisotopic (exact) mass is 254 g/mol. The smallest absolute Gasteiger partial charge is 0.182 e. The van der Waals surface area contributed by atoms with Crippen LogP contribution in [0.3, 0.4) is 0 Å². The topological polar surface area (TPSA) is 31.0 Å². The lowest BCUT2D eigenvalue weighted by Gasteiger charge is -2.34. The standard InChI is InChI=1S/C16H14O3/c1-3-7-12(8-4-1)16(13-9-5-2-6-10-13)15-14(18-15)11-17-19-16/h1-10,14-15H,11H2/t14-,15-/m1/s1. The third-order valence-corrected chi connectivity index (χ3v) is 3.81. The van der Waals surface area contributed by atoms with E-state index < -0.39 is 5.60 Å². The Morgan fingerprint density at radius 2 is 1.42 bits per heavy atom. The lowest BCUT2D eigenvalue weighted by Crippen LogP contribution is -2.42. The summed E-state index contributed by atoms with van der Waals surface area (Å²) < 4.78 is 5.75. The van der Waals surface area contributed by atoms with Gasteiger partial charge in [-0.1, -0.05) is 60.7 Å².